The number of nitrogens with two attached hydrogens (primary N) is 1. The second kappa shape index (κ2) is 3.37. The van der Waals surface area contributed by atoms with Gasteiger partial charge in [0.2, 0.25) is 0 Å². The highest BCUT2D eigenvalue weighted by Gasteiger charge is 2.51. The SMILES string of the molecule is CC(C)CCC1(N)CC1C(C)C. The minimum Gasteiger partial charge on any atom is -0.325 e. The van der Waals surface area contributed by atoms with Crippen LogP contribution in [0.4, 0.5) is 0 Å². The van der Waals surface area contributed by atoms with E-state index in [1.807, 2.05) is 0 Å². The monoisotopic (exact) mass is 169 g/mol. The van der Waals surface area contributed by atoms with Gasteiger partial charge in [-0.25, -0.2) is 0 Å². The van der Waals surface area contributed by atoms with Gasteiger partial charge in [0.25, 0.3) is 0 Å². The zero-order chi connectivity index (χ0) is 9.35. The zero-order valence-corrected chi connectivity index (χ0v) is 8.93. The van der Waals surface area contributed by atoms with Gasteiger partial charge in [0, 0.05) is 5.54 Å². The Balaban J connectivity index is 2.26. The first-order valence-electron chi connectivity index (χ1n) is 5.24. The van der Waals surface area contributed by atoms with Gasteiger partial charge in [-0.1, -0.05) is 27.7 Å². The molecule has 2 unspecified atom stereocenters. The highest BCUT2D eigenvalue weighted by atomic mass is 14.9. The summed E-state index contributed by atoms with van der Waals surface area (Å²) in [6.07, 6.45) is 3.78. The van der Waals surface area contributed by atoms with Crippen LogP contribution >= 0.6 is 0 Å². The minimum absolute atomic E-state index is 0.221. The smallest absolute Gasteiger partial charge is 0.0189 e. The van der Waals surface area contributed by atoms with Crippen LogP contribution in [0.2, 0.25) is 0 Å². The van der Waals surface area contributed by atoms with Crippen LogP contribution in [0.25, 0.3) is 0 Å². The molecule has 0 bridgehead atoms. The van der Waals surface area contributed by atoms with Crippen LogP contribution in [-0.4, -0.2) is 5.54 Å². The summed E-state index contributed by atoms with van der Waals surface area (Å²) >= 11 is 0. The van der Waals surface area contributed by atoms with Gasteiger partial charge in [0.05, 0.1) is 0 Å². The molecule has 2 N–H and O–H groups in total. The topological polar surface area (TPSA) is 26.0 Å². The van der Waals surface area contributed by atoms with Crippen molar-refractivity contribution in [2.45, 2.75) is 52.5 Å². The van der Waals surface area contributed by atoms with Gasteiger partial charge in [0.1, 0.15) is 0 Å². The fourth-order valence-electron chi connectivity index (χ4n) is 2.09. The summed E-state index contributed by atoms with van der Waals surface area (Å²) in [5.41, 5.74) is 6.46. The Bertz CT molecular complexity index is 151. The Morgan fingerprint density at radius 3 is 2.25 bits per heavy atom. The van der Waals surface area contributed by atoms with Crippen molar-refractivity contribution < 1.29 is 0 Å². The second-order valence-corrected chi connectivity index (χ2v) is 5.22. The average Bonchev–Trinajstić information content (AvgIpc) is 2.60. The van der Waals surface area contributed by atoms with Gasteiger partial charge in [0.15, 0.2) is 0 Å². The van der Waals surface area contributed by atoms with E-state index in [1.54, 1.807) is 0 Å². The molecule has 0 spiro atoms. The van der Waals surface area contributed by atoms with E-state index >= 15 is 0 Å². The Hall–Kier alpha value is -0.0400. The molecule has 1 fully saturated rings. The first kappa shape index (κ1) is 10.0. The summed E-state index contributed by atoms with van der Waals surface area (Å²) in [6.45, 7) is 9.12. The third-order valence-electron chi connectivity index (χ3n) is 3.17. The van der Waals surface area contributed by atoms with Crippen LogP contribution in [0.5, 0.6) is 0 Å². The standard InChI is InChI=1S/C11H23N/c1-8(2)5-6-11(12)7-10(11)9(3)4/h8-10H,5-7,12H2,1-4H3. The van der Waals surface area contributed by atoms with Gasteiger partial charge in [-0.05, 0) is 37.0 Å². The molecule has 1 rings (SSSR count). The predicted octanol–water partition coefficient (Wildman–Crippen LogP) is 2.80. The van der Waals surface area contributed by atoms with Crippen molar-refractivity contribution >= 4 is 0 Å². The molecule has 0 aromatic rings. The highest BCUT2D eigenvalue weighted by Crippen LogP contribution is 2.49. The Morgan fingerprint density at radius 1 is 1.33 bits per heavy atom. The first-order chi connectivity index (χ1) is 5.46. The van der Waals surface area contributed by atoms with E-state index in [0.29, 0.717) is 0 Å². The van der Waals surface area contributed by atoms with Crippen molar-refractivity contribution in [1.82, 2.24) is 0 Å². The maximum absolute atomic E-state index is 6.24. The van der Waals surface area contributed by atoms with E-state index in [-0.39, 0.29) is 5.54 Å². The third kappa shape index (κ3) is 2.22. The van der Waals surface area contributed by atoms with Crippen molar-refractivity contribution in [1.29, 1.82) is 0 Å². The van der Waals surface area contributed by atoms with Gasteiger partial charge in [-0.3, -0.25) is 0 Å². The molecule has 1 aliphatic rings. The number of hydrogen-bond acceptors (Lipinski definition) is 1. The van der Waals surface area contributed by atoms with Crippen molar-refractivity contribution in [2.24, 2.45) is 23.5 Å². The summed E-state index contributed by atoms with van der Waals surface area (Å²) < 4.78 is 0. The molecule has 1 nitrogen and oxygen atoms in total. The Labute approximate surface area is 76.7 Å². The maximum atomic E-state index is 6.24. The van der Waals surface area contributed by atoms with Crippen LogP contribution < -0.4 is 5.73 Å². The number of hydrogen-bond donors (Lipinski definition) is 1. The highest BCUT2D eigenvalue weighted by molar-refractivity contribution is 5.08. The summed E-state index contributed by atoms with van der Waals surface area (Å²) in [5, 5.41) is 0. The Morgan fingerprint density at radius 2 is 1.92 bits per heavy atom. The van der Waals surface area contributed by atoms with E-state index in [2.05, 4.69) is 27.7 Å². The molecule has 2 atom stereocenters. The number of rotatable bonds is 4. The van der Waals surface area contributed by atoms with Gasteiger partial charge >= 0.3 is 0 Å². The zero-order valence-electron chi connectivity index (χ0n) is 8.93. The van der Waals surface area contributed by atoms with Gasteiger partial charge in [-0.2, -0.15) is 0 Å². The van der Waals surface area contributed by atoms with E-state index in [1.165, 1.54) is 19.3 Å². The fourth-order valence-corrected chi connectivity index (χ4v) is 2.09. The summed E-state index contributed by atoms with van der Waals surface area (Å²) in [5.74, 6) is 2.39. The molecule has 0 radical (unpaired) electrons. The lowest BCUT2D eigenvalue weighted by atomic mass is 9.97. The van der Waals surface area contributed by atoms with E-state index in [9.17, 15) is 0 Å². The molecule has 0 amide bonds. The third-order valence-corrected chi connectivity index (χ3v) is 3.17. The molecule has 1 aliphatic carbocycles. The molecule has 0 aromatic carbocycles. The van der Waals surface area contributed by atoms with Crippen LogP contribution in [0.3, 0.4) is 0 Å². The molecule has 1 heteroatoms. The average molecular weight is 169 g/mol. The maximum Gasteiger partial charge on any atom is 0.0189 e. The largest absolute Gasteiger partial charge is 0.325 e. The van der Waals surface area contributed by atoms with E-state index < -0.39 is 0 Å². The lowest BCUT2D eigenvalue weighted by Crippen LogP contribution is -2.26. The lowest BCUT2D eigenvalue weighted by molar-refractivity contribution is 0.419. The fraction of sp³-hybridized carbons (Fsp3) is 1.00. The summed E-state index contributed by atoms with van der Waals surface area (Å²) in [6, 6.07) is 0. The molecule has 72 valence electrons. The van der Waals surface area contributed by atoms with E-state index in [0.717, 1.165) is 17.8 Å². The van der Waals surface area contributed by atoms with Crippen molar-refractivity contribution in [3.63, 3.8) is 0 Å². The van der Waals surface area contributed by atoms with Crippen LogP contribution in [0.15, 0.2) is 0 Å². The molecule has 0 heterocycles. The summed E-state index contributed by atoms with van der Waals surface area (Å²) in [4.78, 5) is 0. The van der Waals surface area contributed by atoms with Gasteiger partial charge in [-0.15, -0.1) is 0 Å². The molecule has 0 aliphatic heterocycles. The molecule has 1 saturated carbocycles. The predicted molar refractivity (Wildman–Crippen MR) is 53.9 cm³/mol. The quantitative estimate of drug-likeness (QED) is 0.688. The molecule has 0 saturated heterocycles. The van der Waals surface area contributed by atoms with Crippen molar-refractivity contribution in [3.05, 3.63) is 0 Å². The summed E-state index contributed by atoms with van der Waals surface area (Å²) in [7, 11) is 0. The van der Waals surface area contributed by atoms with Crippen LogP contribution in [-0.2, 0) is 0 Å². The molecule has 0 aromatic heterocycles. The Kier molecular flexibility index (Phi) is 2.82. The molecular weight excluding hydrogens is 146 g/mol. The second-order valence-electron chi connectivity index (χ2n) is 5.22. The van der Waals surface area contributed by atoms with Crippen molar-refractivity contribution in [2.75, 3.05) is 0 Å². The molecule has 12 heavy (non-hydrogen) atoms. The minimum atomic E-state index is 0.221. The lowest BCUT2D eigenvalue weighted by Gasteiger charge is -2.14. The first-order valence-corrected chi connectivity index (χ1v) is 5.24. The normalized spacial score (nSPS) is 34.8. The van der Waals surface area contributed by atoms with Gasteiger partial charge < -0.3 is 5.73 Å². The van der Waals surface area contributed by atoms with Crippen molar-refractivity contribution in [3.8, 4) is 0 Å². The van der Waals surface area contributed by atoms with Crippen LogP contribution in [0, 0.1) is 17.8 Å². The molecular formula is C11H23N. The van der Waals surface area contributed by atoms with Crippen LogP contribution in [0.1, 0.15) is 47.0 Å². The van der Waals surface area contributed by atoms with E-state index in [4.69, 9.17) is 5.73 Å².